The maximum Gasteiger partial charge on any atom is 0.306 e. The largest absolute Gasteiger partial charge is 0.756 e. The number of rotatable bonds is 71. The van der Waals surface area contributed by atoms with Gasteiger partial charge < -0.3 is 27.9 Å². The molecular formula is C92H146NO8P. The number of carbonyl (C=O) groups excluding carboxylic acids is 2. The Hall–Kier alpha value is -5.93. The molecule has 0 aliphatic rings. The first-order valence-electron chi connectivity index (χ1n) is 40.1. The lowest BCUT2D eigenvalue weighted by atomic mass is 10.0. The Bertz CT molecular complexity index is 2580. The number of quaternary nitrogens is 1. The first-order chi connectivity index (χ1) is 50.0. The van der Waals surface area contributed by atoms with Crippen LogP contribution in [0.1, 0.15) is 284 Å². The summed E-state index contributed by atoms with van der Waals surface area (Å²) < 4.78 is 34.4. The normalized spacial score (nSPS) is 14.3. The van der Waals surface area contributed by atoms with Gasteiger partial charge in [-0.2, -0.15) is 0 Å². The van der Waals surface area contributed by atoms with Gasteiger partial charge in [0.2, 0.25) is 0 Å². The van der Waals surface area contributed by atoms with E-state index in [-0.39, 0.29) is 26.1 Å². The van der Waals surface area contributed by atoms with Gasteiger partial charge in [-0.25, -0.2) is 0 Å². The number of esters is 2. The number of nitrogens with zero attached hydrogens (tertiary/aromatic N) is 1. The highest BCUT2D eigenvalue weighted by molar-refractivity contribution is 7.45. The fourth-order valence-electron chi connectivity index (χ4n) is 10.1. The van der Waals surface area contributed by atoms with E-state index < -0.39 is 32.5 Å². The maximum absolute atomic E-state index is 12.9. The van der Waals surface area contributed by atoms with Crippen LogP contribution in [0.5, 0.6) is 0 Å². The minimum Gasteiger partial charge on any atom is -0.756 e. The molecule has 0 N–H and O–H groups in total. The summed E-state index contributed by atoms with van der Waals surface area (Å²) in [5.74, 6) is -0.874. The molecule has 0 rings (SSSR count). The zero-order valence-electron chi connectivity index (χ0n) is 65.2. The molecule has 0 aromatic heterocycles. The van der Waals surface area contributed by atoms with E-state index in [2.05, 4.69) is 245 Å². The van der Waals surface area contributed by atoms with Gasteiger partial charge >= 0.3 is 11.9 Å². The second kappa shape index (κ2) is 79.2. The second-order valence-electron chi connectivity index (χ2n) is 27.0. The summed E-state index contributed by atoms with van der Waals surface area (Å²) in [4.78, 5) is 38.2. The highest BCUT2D eigenvalue weighted by Crippen LogP contribution is 2.38. The molecule has 0 heterocycles. The lowest BCUT2D eigenvalue weighted by Crippen LogP contribution is -2.37. The van der Waals surface area contributed by atoms with Crippen molar-refractivity contribution in [3.05, 3.63) is 231 Å². The zero-order chi connectivity index (χ0) is 74.0. The molecule has 10 heteroatoms. The molecule has 0 aromatic rings. The second-order valence-corrected chi connectivity index (χ2v) is 28.4. The Morgan fingerprint density at radius 2 is 0.529 bits per heavy atom. The van der Waals surface area contributed by atoms with Crippen LogP contribution in [-0.2, 0) is 32.7 Å². The van der Waals surface area contributed by atoms with Crippen molar-refractivity contribution in [2.45, 2.75) is 290 Å². The predicted octanol–water partition coefficient (Wildman–Crippen LogP) is 26.6. The number of unbranched alkanes of at least 4 members (excludes halogenated alkanes) is 19. The third kappa shape index (κ3) is 83.0. The van der Waals surface area contributed by atoms with E-state index in [1.165, 1.54) is 77.0 Å². The Balaban J connectivity index is 4.13. The third-order valence-electron chi connectivity index (χ3n) is 16.2. The van der Waals surface area contributed by atoms with Crippen LogP contribution < -0.4 is 4.89 Å². The van der Waals surface area contributed by atoms with Crippen molar-refractivity contribution in [3.63, 3.8) is 0 Å². The number of phosphoric ester groups is 1. The van der Waals surface area contributed by atoms with E-state index in [0.717, 1.165) is 167 Å². The first-order valence-corrected chi connectivity index (χ1v) is 41.6. The van der Waals surface area contributed by atoms with Crippen molar-refractivity contribution in [1.29, 1.82) is 0 Å². The molecule has 2 atom stereocenters. The lowest BCUT2D eigenvalue weighted by molar-refractivity contribution is -0.870. The minimum atomic E-state index is -4.67. The SMILES string of the molecule is CC/C=C\C/C=C\C/C=C\C/C=C\C/C=C\C/C=C\C/C=C\C/C=C\C/C=C\C/C=C\C/C=C\C/C=C\CCCCCCC(=O)OC(COC(=O)CCCCCCCCCCCCCCCCC/C=C\C/C=C\C/C=C\C/C=C\C/C=C\C/C=C\C/C=C\CC)COP(=O)([O-])OCC[N+](C)(C)C. The van der Waals surface area contributed by atoms with Crippen molar-refractivity contribution in [2.75, 3.05) is 47.5 Å². The van der Waals surface area contributed by atoms with Gasteiger partial charge in [-0.1, -0.05) is 341 Å². The Kier molecular flexibility index (Phi) is 74.6. The molecule has 9 nitrogen and oxygen atoms in total. The van der Waals surface area contributed by atoms with Gasteiger partial charge in [0, 0.05) is 12.8 Å². The van der Waals surface area contributed by atoms with Crippen LogP contribution >= 0.6 is 7.82 Å². The Morgan fingerprint density at radius 3 is 0.784 bits per heavy atom. The summed E-state index contributed by atoms with van der Waals surface area (Å²) in [6.45, 7) is 3.97. The molecule has 2 unspecified atom stereocenters. The number of allylic oxidation sites excluding steroid dienone is 38. The van der Waals surface area contributed by atoms with E-state index >= 15 is 0 Å². The van der Waals surface area contributed by atoms with Crippen molar-refractivity contribution >= 4 is 19.8 Å². The van der Waals surface area contributed by atoms with E-state index in [4.69, 9.17) is 18.5 Å². The summed E-state index contributed by atoms with van der Waals surface area (Å²) in [6.07, 6.45) is 127. The summed E-state index contributed by atoms with van der Waals surface area (Å²) in [6, 6.07) is 0. The molecule has 0 aromatic carbocycles. The van der Waals surface area contributed by atoms with E-state index in [0.29, 0.717) is 23.9 Å². The fourth-order valence-corrected chi connectivity index (χ4v) is 10.9. The molecule has 102 heavy (non-hydrogen) atoms. The zero-order valence-corrected chi connectivity index (χ0v) is 66.1. The van der Waals surface area contributed by atoms with E-state index in [9.17, 15) is 19.0 Å². The summed E-state index contributed by atoms with van der Waals surface area (Å²) in [5, 5.41) is 0. The number of likely N-dealkylation sites (N-methyl/N-ethyl adjacent to an activating group) is 1. The maximum atomic E-state index is 12.9. The van der Waals surface area contributed by atoms with Crippen molar-refractivity contribution in [2.24, 2.45) is 0 Å². The standard InChI is InChI=1S/C92H146NO8P/c1-6-8-10-12-14-16-18-20-22-24-26-28-30-32-34-36-38-40-42-44-45-46-47-49-51-53-55-57-59-61-63-65-67-69-71-73-75-77-79-81-83-85-92(95)101-90(89-100-102(96,97)99-87-86-93(3,4)5)88-98-91(94)84-82-80-78-76-74-72-70-68-66-64-62-60-58-56-54-52-50-48-43-41-39-37-35-33-31-29-27-25-23-21-19-17-15-13-11-9-7-2/h8-11,14-17,20-23,26-29,32-35,38-41,44-45,47-50,53,55,59,61,65,67,71,73,90H,6-7,12-13,18-19,24-25,30-31,36-37,42-43,46,51-52,54,56-58,60,62-64,66,68-70,72,74-89H2,1-5H3/b10-8-,11-9-,16-14-,17-15-,22-20-,23-21-,28-26-,29-27-,34-32-,35-33-,40-38-,41-39-,45-44-,49-47-,50-48-,55-53-,61-59-,67-65-,73-71-. The molecule has 0 bridgehead atoms. The molecule has 0 spiro atoms. The van der Waals surface area contributed by atoms with Crippen LogP contribution in [-0.4, -0.2) is 70.0 Å². The van der Waals surface area contributed by atoms with Crippen LogP contribution in [0.2, 0.25) is 0 Å². The number of ether oxygens (including phenoxy) is 2. The molecule has 572 valence electrons. The Morgan fingerprint density at radius 1 is 0.304 bits per heavy atom. The quantitative estimate of drug-likeness (QED) is 0.0195. The van der Waals surface area contributed by atoms with Crippen LogP contribution in [0.25, 0.3) is 0 Å². The molecule has 0 amide bonds. The fraction of sp³-hybridized carbons (Fsp3) is 0.565. The summed E-state index contributed by atoms with van der Waals surface area (Å²) >= 11 is 0. The summed E-state index contributed by atoms with van der Waals surface area (Å²) in [5.41, 5.74) is 0. The smallest absolute Gasteiger partial charge is 0.306 e. The van der Waals surface area contributed by atoms with Crippen molar-refractivity contribution < 1.29 is 42.1 Å². The minimum absolute atomic E-state index is 0.0473. The molecule has 0 saturated carbocycles. The van der Waals surface area contributed by atoms with Gasteiger partial charge in [-0.3, -0.25) is 14.2 Å². The lowest BCUT2D eigenvalue weighted by Gasteiger charge is -2.28. The van der Waals surface area contributed by atoms with E-state index in [1.54, 1.807) is 0 Å². The first kappa shape index (κ1) is 96.1. The van der Waals surface area contributed by atoms with Gasteiger partial charge in [0.15, 0.2) is 6.10 Å². The molecule has 0 fully saturated rings. The van der Waals surface area contributed by atoms with Crippen LogP contribution in [0.15, 0.2) is 231 Å². The van der Waals surface area contributed by atoms with Crippen LogP contribution in [0, 0.1) is 0 Å². The van der Waals surface area contributed by atoms with Crippen LogP contribution in [0.4, 0.5) is 0 Å². The number of hydrogen-bond donors (Lipinski definition) is 0. The molecular weight excluding hydrogens is 1280 g/mol. The molecule has 0 saturated heterocycles. The van der Waals surface area contributed by atoms with Gasteiger partial charge in [-0.05, 0) is 161 Å². The van der Waals surface area contributed by atoms with E-state index in [1.807, 2.05) is 21.1 Å². The third-order valence-corrected chi connectivity index (χ3v) is 17.1. The predicted molar refractivity (Wildman–Crippen MR) is 442 cm³/mol. The van der Waals surface area contributed by atoms with Gasteiger partial charge in [0.05, 0.1) is 27.7 Å². The number of carbonyl (C=O) groups is 2. The topological polar surface area (TPSA) is 111 Å². The highest BCUT2D eigenvalue weighted by atomic mass is 31.2. The number of phosphoric acid groups is 1. The monoisotopic (exact) mass is 1420 g/mol. The van der Waals surface area contributed by atoms with Crippen molar-refractivity contribution in [1.82, 2.24) is 0 Å². The molecule has 0 aliphatic heterocycles. The highest BCUT2D eigenvalue weighted by Gasteiger charge is 2.22. The van der Waals surface area contributed by atoms with Gasteiger partial charge in [0.25, 0.3) is 7.82 Å². The van der Waals surface area contributed by atoms with Gasteiger partial charge in [-0.15, -0.1) is 0 Å². The Labute approximate surface area is 626 Å². The average Bonchev–Trinajstić information content (AvgIpc) is 0.916. The van der Waals surface area contributed by atoms with Gasteiger partial charge in [0.1, 0.15) is 19.8 Å². The molecule has 0 aliphatic carbocycles. The van der Waals surface area contributed by atoms with Crippen LogP contribution in [0.3, 0.4) is 0 Å². The average molecular weight is 1430 g/mol. The number of hydrogen-bond acceptors (Lipinski definition) is 8. The summed E-state index contributed by atoms with van der Waals surface area (Å²) in [7, 11) is 1.12. The molecule has 0 radical (unpaired) electrons. The van der Waals surface area contributed by atoms with Crippen molar-refractivity contribution in [3.8, 4) is 0 Å².